The number of hydrogen-bond acceptors (Lipinski definition) is 2. The average molecular weight is 191 g/mol. The normalized spacial score (nSPS) is 25.6. The highest BCUT2D eigenvalue weighted by Crippen LogP contribution is 2.27. The fraction of sp³-hybridized carbons (Fsp3) is 0.500. The zero-order valence-corrected chi connectivity index (χ0v) is 8.75. The molecule has 76 valence electrons. The Hall–Kier alpha value is -1.02. The molecule has 2 N–H and O–H groups in total. The molecule has 1 aliphatic rings. The standard InChI is InChI=1S/C12H17NO/c1-8-4-3-5-9(2)12(8)13-10-6-7-11(10)14/h3-5,10-11,13-14H,6-7H2,1-2H3/t10-,11-/m0/s1. The smallest absolute Gasteiger partial charge is 0.0741 e. The van der Waals surface area contributed by atoms with E-state index in [1.807, 2.05) is 0 Å². The molecule has 1 aromatic carbocycles. The van der Waals surface area contributed by atoms with Gasteiger partial charge in [-0.05, 0) is 37.8 Å². The summed E-state index contributed by atoms with van der Waals surface area (Å²) >= 11 is 0. The molecule has 1 saturated carbocycles. The minimum Gasteiger partial charge on any atom is -0.391 e. The maximum Gasteiger partial charge on any atom is 0.0741 e. The Bertz CT molecular complexity index is 315. The van der Waals surface area contributed by atoms with E-state index >= 15 is 0 Å². The number of aliphatic hydroxyl groups excluding tert-OH is 1. The van der Waals surface area contributed by atoms with Crippen LogP contribution in [0.15, 0.2) is 18.2 Å². The van der Waals surface area contributed by atoms with E-state index in [2.05, 4.69) is 37.4 Å². The minimum absolute atomic E-state index is 0.158. The summed E-state index contributed by atoms with van der Waals surface area (Å²) in [6.45, 7) is 4.20. The van der Waals surface area contributed by atoms with Gasteiger partial charge in [-0.15, -0.1) is 0 Å². The van der Waals surface area contributed by atoms with Crippen molar-refractivity contribution in [3.8, 4) is 0 Å². The number of benzene rings is 1. The number of aryl methyl sites for hydroxylation is 2. The molecule has 0 saturated heterocycles. The molecule has 0 unspecified atom stereocenters. The number of aliphatic hydroxyl groups is 1. The Morgan fingerprint density at radius 1 is 1.21 bits per heavy atom. The summed E-state index contributed by atoms with van der Waals surface area (Å²) < 4.78 is 0. The molecule has 1 fully saturated rings. The van der Waals surface area contributed by atoms with Gasteiger partial charge in [0.05, 0.1) is 12.1 Å². The van der Waals surface area contributed by atoms with Crippen LogP contribution in [0.1, 0.15) is 24.0 Å². The van der Waals surface area contributed by atoms with Crippen molar-refractivity contribution >= 4 is 5.69 Å². The summed E-state index contributed by atoms with van der Waals surface area (Å²) in [5.41, 5.74) is 3.70. The first-order valence-electron chi connectivity index (χ1n) is 5.19. The van der Waals surface area contributed by atoms with Gasteiger partial charge in [-0.25, -0.2) is 0 Å². The van der Waals surface area contributed by atoms with E-state index in [1.54, 1.807) is 0 Å². The largest absolute Gasteiger partial charge is 0.391 e. The Morgan fingerprint density at radius 2 is 1.86 bits per heavy atom. The molecule has 2 atom stereocenters. The summed E-state index contributed by atoms with van der Waals surface area (Å²) in [5, 5.41) is 12.9. The molecule has 0 bridgehead atoms. The zero-order chi connectivity index (χ0) is 10.1. The highest BCUT2D eigenvalue weighted by molar-refractivity contribution is 5.57. The first-order chi connectivity index (χ1) is 6.68. The Morgan fingerprint density at radius 3 is 2.29 bits per heavy atom. The summed E-state index contributed by atoms with van der Waals surface area (Å²) in [6, 6.07) is 6.52. The van der Waals surface area contributed by atoms with Crippen LogP contribution in [0.4, 0.5) is 5.69 Å². The van der Waals surface area contributed by atoms with Crippen molar-refractivity contribution in [3.63, 3.8) is 0 Å². The quantitative estimate of drug-likeness (QED) is 0.751. The molecule has 0 aliphatic heterocycles. The molecule has 0 aromatic heterocycles. The van der Waals surface area contributed by atoms with Gasteiger partial charge in [0, 0.05) is 5.69 Å². The molecule has 2 heteroatoms. The summed E-state index contributed by atoms with van der Waals surface area (Å²) in [6.07, 6.45) is 1.85. The van der Waals surface area contributed by atoms with E-state index in [-0.39, 0.29) is 12.1 Å². The second-order valence-corrected chi connectivity index (χ2v) is 4.16. The average Bonchev–Trinajstić information content (AvgIpc) is 2.15. The molecule has 0 spiro atoms. The lowest BCUT2D eigenvalue weighted by molar-refractivity contribution is 0.0785. The molecular weight excluding hydrogens is 174 g/mol. The van der Waals surface area contributed by atoms with Gasteiger partial charge in [0.25, 0.3) is 0 Å². The predicted octanol–water partition coefficient (Wildman–Crippen LogP) is 2.24. The fourth-order valence-corrected chi connectivity index (χ4v) is 1.88. The van der Waals surface area contributed by atoms with Gasteiger partial charge in [-0.1, -0.05) is 18.2 Å². The van der Waals surface area contributed by atoms with Gasteiger partial charge in [-0.2, -0.15) is 0 Å². The lowest BCUT2D eigenvalue weighted by Crippen LogP contribution is -2.43. The van der Waals surface area contributed by atoms with Crippen LogP contribution in [0, 0.1) is 13.8 Å². The van der Waals surface area contributed by atoms with Crippen molar-refractivity contribution < 1.29 is 5.11 Å². The van der Waals surface area contributed by atoms with E-state index in [0.717, 1.165) is 12.8 Å². The third kappa shape index (κ3) is 1.62. The van der Waals surface area contributed by atoms with Crippen molar-refractivity contribution in [2.24, 2.45) is 0 Å². The van der Waals surface area contributed by atoms with Crippen molar-refractivity contribution in [1.29, 1.82) is 0 Å². The van der Waals surface area contributed by atoms with E-state index in [4.69, 9.17) is 0 Å². The van der Waals surface area contributed by atoms with Crippen LogP contribution in [0.3, 0.4) is 0 Å². The van der Waals surface area contributed by atoms with E-state index in [9.17, 15) is 5.11 Å². The molecule has 0 heterocycles. The third-order valence-electron chi connectivity index (χ3n) is 3.05. The first-order valence-corrected chi connectivity index (χ1v) is 5.19. The summed E-state index contributed by atoms with van der Waals surface area (Å²) in [5.74, 6) is 0. The zero-order valence-electron chi connectivity index (χ0n) is 8.75. The summed E-state index contributed by atoms with van der Waals surface area (Å²) in [7, 11) is 0. The van der Waals surface area contributed by atoms with Crippen LogP contribution in [0.5, 0.6) is 0 Å². The Kier molecular flexibility index (Phi) is 2.46. The maximum absolute atomic E-state index is 9.49. The van der Waals surface area contributed by atoms with Gasteiger partial charge in [-0.3, -0.25) is 0 Å². The highest BCUT2D eigenvalue weighted by atomic mass is 16.3. The van der Waals surface area contributed by atoms with E-state index < -0.39 is 0 Å². The van der Waals surface area contributed by atoms with Crippen LogP contribution in [0.2, 0.25) is 0 Å². The van der Waals surface area contributed by atoms with Gasteiger partial charge < -0.3 is 10.4 Å². The molecule has 1 aliphatic carbocycles. The third-order valence-corrected chi connectivity index (χ3v) is 3.05. The molecule has 2 rings (SSSR count). The molecule has 0 amide bonds. The molecule has 2 nitrogen and oxygen atoms in total. The van der Waals surface area contributed by atoms with Crippen molar-refractivity contribution in [2.75, 3.05) is 5.32 Å². The van der Waals surface area contributed by atoms with Crippen LogP contribution in [0.25, 0.3) is 0 Å². The van der Waals surface area contributed by atoms with Crippen LogP contribution in [-0.4, -0.2) is 17.3 Å². The number of para-hydroxylation sites is 1. The van der Waals surface area contributed by atoms with Gasteiger partial charge in [0.1, 0.15) is 0 Å². The van der Waals surface area contributed by atoms with E-state index in [0.29, 0.717) is 0 Å². The number of anilines is 1. The lowest BCUT2D eigenvalue weighted by atomic mass is 9.88. The predicted molar refractivity (Wildman–Crippen MR) is 58.6 cm³/mol. The van der Waals surface area contributed by atoms with Gasteiger partial charge in [0.2, 0.25) is 0 Å². The van der Waals surface area contributed by atoms with Crippen molar-refractivity contribution in [3.05, 3.63) is 29.3 Å². The summed E-state index contributed by atoms with van der Waals surface area (Å²) in [4.78, 5) is 0. The number of nitrogens with one attached hydrogen (secondary N) is 1. The van der Waals surface area contributed by atoms with Gasteiger partial charge >= 0.3 is 0 Å². The molecule has 14 heavy (non-hydrogen) atoms. The second kappa shape index (κ2) is 3.62. The molecular formula is C12H17NO. The van der Waals surface area contributed by atoms with E-state index in [1.165, 1.54) is 16.8 Å². The minimum atomic E-state index is -0.158. The van der Waals surface area contributed by atoms with Crippen LogP contribution >= 0.6 is 0 Å². The van der Waals surface area contributed by atoms with Crippen molar-refractivity contribution in [2.45, 2.75) is 38.8 Å². The maximum atomic E-state index is 9.49. The Labute approximate surface area is 85.0 Å². The SMILES string of the molecule is Cc1cccc(C)c1N[C@H]1CC[C@@H]1O. The van der Waals surface area contributed by atoms with Gasteiger partial charge in [0.15, 0.2) is 0 Å². The number of hydrogen-bond donors (Lipinski definition) is 2. The van der Waals surface area contributed by atoms with Crippen molar-refractivity contribution in [1.82, 2.24) is 0 Å². The highest BCUT2D eigenvalue weighted by Gasteiger charge is 2.28. The van der Waals surface area contributed by atoms with Crippen LogP contribution < -0.4 is 5.32 Å². The molecule has 0 radical (unpaired) electrons. The topological polar surface area (TPSA) is 32.3 Å². The monoisotopic (exact) mass is 191 g/mol. The fourth-order valence-electron chi connectivity index (χ4n) is 1.88. The Balaban J connectivity index is 2.15. The number of rotatable bonds is 2. The lowest BCUT2D eigenvalue weighted by Gasteiger charge is -2.34. The second-order valence-electron chi connectivity index (χ2n) is 4.16. The first kappa shape index (κ1) is 9.53. The van der Waals surface area contributed by atoms with Crippen LogP contribution in [-0.2, 0) is 0 Å². The molecule has 1 aromatic rings.